The Bertz CT molecular complexity index is 594. The molecule has 1 aliphatic carbocycles. The second-order valence-electron chi connectivity index (χ2n) is 7.41. The lowest BCUT2D eigenvalue weighted by Crippen LogP contribution is -2.39. The highest BCUT2D eigenvalue weighted by Gasteiger charge is 2.42. The van der Waals surface area contributed by atoms with Crippen molar-refractivity contribution < 1.29 is 14.3 Å². The predicted molar refractivity (Wildman–Crippen MR) is 91.0 cm³/mol. The van der Waals surface area contributed by atoms with E-state index in [0.717, 1.165) is 63.3 Å². The molecule has 1 aromatic rings. The number of hydrogen-bond acceptors (Lipinski definition) is 3. The van der Waals surface area contributed by atoms with Gasteiger partial charge in [0.05, 0.1) is 12.7 Å². The number of benzene rings is 1. The molecule has 0 radical (unpaired) electrons. The van der Waals surface area contributed by atoms with Crippen LogP contribution in [0.25, 0.3) is 0 Å². The molecule has 0 unspecified atom stereocenters. The Morgan fingerprint density at radius 2 is 2.21 bits per heavy atom. The van der Waals surface area contributed by atoms with E-state index in [1.54, 1.807) is 0 Å². The highest BCUT2D eigenvalue weighted by molar-refractivity contribution is 5.74. The topological polar surface area (TPSA) is 50.8 Å². The third-order valence-electron chi connectivity index (χ3n) is 5.66. The third kappa shape index (κ3) is 3.22. The Kier molecular flexibility index (Phi) is 4.35. The van der Waals surface area contributed by atoms with E-state index in [-0.39, 0.29) is 11.4 Å². The summed E-state index contributed by atoms with van der Waals surface area (Å²) < 4.78 is 11.6. The van der Waals surface area contributed by atoms with Crippen LogP contribution in [0, 0.1) is 5.41 Å². The van der Waals surface area contributed by atoms with Gasteiger partial charge in [-0.25, -0.2) is 4.79 Å². The summed E-state index contributed by atoms with van der Waals surface area (Å²) in [4.78, 5) is 14.4. The Hall–Kier alpha value is -1.75. The second kappa shape index (κ2) is 6.63. The molecule has 1 saturated carbocycles. The maximum atomic E-state index is 12.5. The molecule has 1 aromatic carbocycles. The minimum Gasteiger partial charge on any atom is -0.490 e. The number of carbonyl (C=O) groups excluding carboxylic acids is 1. The number of rotatable bonds is 4. The van der Waals surface area contributed by atoms with Gasteiger partial charge in [-0.15, -0.1) is 0 Å². The molecule has 0 aromatic heterocycles. The Balaban J connectivity index is 1.32. The highest BCUT2D eigenvalue weighted by Crippen LogP contribution is 2.38. The zero-order chi connectivity index (χ0) is 16.4. The average molecular weight is 330 g/mol. The van der Waals surface area contributed by atoms with Gasteiger partial charge in [-0.1, -0.05) is 18.2 Å². The van der Waals surface area contributed by atoms with Gasteiger partial charge >= 0.3 is 6.03 Å². The lowest BCUT2D eigenvalue weighted by atomic mass is 9.87. The summed E-state index contributed by atoms with van der Waals surface area (Å²) in [5, 5.41) is 3.06. The monoisotopic (exact) mass is 330 g/mol. The zero-order valence-electron chi connectivity index (χ0n) is 14.1. The number of amides is 2. The number of nitrogens with zero attached hydrogens (tertiary/aromatic N) is 1. The van der Waals surface area contributed by atoms with E-state index in [4.69, 9.17) is 9.47 Å². The lowest BCUT2D eigenvalue weighted by molar-refractivity contribution is 0.119. The predicted octanol–water partition coefficient (Wildman–Crippen LogP) is 2.94. The van der Waals surface area contributed by atoms with E-state index in [2.05, 4.69) is 5.32 Å². The molecule has 1 spiro atoms. The van der Waals surface area contributed by atoms with Crippen LogP contribution in [0.1, 0.15) is 37.7 Å². The molecule has 2 saturated heterocycles. The fraction of sp³-hybridized carbons (Fsp3) is 0.632. The van der Waals surface area contributed by atoms with Gasteiger partial charge in [0.2, 0.25) is 0 Å². The lowest BCUT2D eigenvalue weighted by Gasteiger charge is -2.27. The van der Waals surface area contributed by atoms with Crippen molar-refractivity contribution in [3.63, 3.8) is 0 Å². The van der Waals surface area contributed by atoms with E-state index in [1.807, 2.05) is 29.2 Å². The van der Waals surface area contributed by atoms with Gasteiger partial charge in [0, 0.05) is 37.2 Å². The molecule has 3 fully saturated rings. The number of para-hydroxylation sites is 1. The number of likely N-dealkylation sites (tertiary alicyclic amines) is 1. The first-order valence-corrected chi connectivity index (χ1v) is 9.09. The SMILES string of the molecule is O=C(NCc1ccccc1OC1CCC1)N1CC[C@]2(CCOC2)C1. The number of hydrogen-bond donors (Lipinski definition) is 1. The van der Waals surface area contributed by atoms with Gasteiger partial charge < -0.3 is 19.7 Å². The maximum Gasteiger partial charge on any atom is 0.317 e. The second-order valence-corrected chi connectivity index (χ2v) is 7.41. The molecular formula is C19H26N2O3. The molecule has 2 heterocycles. The normalized spacial score (nSPS) is 26.6. The van der Waals surface area contributed by atoms with Gasteiger partial charge in [-0.3, -0.25) is 0 Å². The van der Waals surface area contributed by atoms with Crippen LogP contribution in [-0.4, -0.2) is 43.3 Å². The van der Waals surface area contributed by atoms with Crippen molar-refractivity contribution in [3.8, 4) is 5.75 Å². The van der Waals surface area contributed by atoms with Crippen molar-refractivity contribution in [2.75, 3.05) is 26.3 Å². The van der Waals surface area contributed by atoms with Crippen LogP contribution in [0.3, 0.4) is 0 Å². The smallest absolute Gasteiger partial charge is 0.317 e. The first-order valence-electron chi connectivity index (χ1n) is 9.09. The van der Waals surface area contributed by atoms with Gasteiger partial charge in [0.25, 0.3) is 0 Å². The summed E-state index contributed by atoms with van der Waals surface area (Å²) in [6.45, 7) is 3.80. The van der Waals surface area contributed by atoms with Crippen LogP contribution in [0.15, 0.2) is 24.3 Å². The van der Waals surface area contributed by atoms with Crippen molar-refractivity contribution in [2.24, 2.45) is 5.41 Å². The molecule has 5 heteroatoms. The molecule has 1 atom stereocenters. The molecule has 2 amide bonds. The summed E-state index contributed by atoms with van der Waals surface area (Å²) in [6, 6.07) is 8.04. The Morgan fingerprint density at radius 3 is 2.96 bits per heavy atom. The van der Waals surface area contributed by atoms with Crippen molar-refractivity contribution in [3.05, 3.63) is 29.8 Å². The van der Waals surface area contributed by atoms with Gasteiger partial charge in [-0.05, 0) is 38.2 Å². The van der Waals surface area contributed by atoms with Crippen LogP contribution >= 0.6 is 0 Å². The van der Waals surface area contributed by atoms with Crippen molar-refractivity contribution in [2.45, 2.75) is 44.8 Å². The number of urea groups is 1. The molecule has 24 heavy (non-hydrogen) atoms. The molecule has 2 aliphatic heterocycles. The van der Waals surface area contributed by atoms with Gasteiger partial charge in [-0.2, -0.15) is 0 Å². The molecule has 1 N–H and O–H groups in total. The van der Waals surface area contributed by atoms with Crippen LogP contribution in [0.4, 0.5) is 4.79 Å². The summed E-state index contributed by atoms with van der Waals surface area (Å²) in [5.74, 6) is 0.907. The van der Waals surface area contributed by atoms with Gasteiger partial charge in [0.15, 0.2) is 0 Å². The largest absolute Gasteiger partial charge is 0.490 e. The summed E-state index contributed by atoms with van der Waals surface area (Å²) in [7, 11) is 0. The van der Waals surface area contributed by atoms with Crippen LogP contribution in [0.5, 0.6) is 5.75 Å². The first-order chi connectivity index (χ1) is 11.7. The average Bonchev–Trinajstić information content (AvgIpc) is 3.20. The van der Waals surface area contributed by atoms with E-state index < -0.39 is 0 Å². The highest BCUT2D eigenvalue weighted by atomic mass is 16.5. The van der Waals surface area contributed by atoms with Crippen LogP contribution < -0.4 is 10.1 Å². The van der Waals surface area contributed by atoms with Crippen molar-refractivity contribution in [1.82, 2.24) is 10.2 Å². The minimum absolute atomic E-state index is 0.0252. The molecule has 130 valence electrons. The number of carbonyl (C=O) groups is 1. The van der Waals surface area contributed by atoms with E-state index in [0.29, 0.717) is 12.6 Å². The zero-order valence-corrected chi connectivity index (χ0v) is 14.1. The Labute approximate surface area is 143 Å². The van der Waals surface area contributed by atoms with E-state index in [9.17, 15) is 4.79 Å². The van der Waals surface area contributed by atoms with E-state index >= 15 is 0 Å². The molecule has 5 nitrogen and oxygen atoms in total. The third-order valence-corrected chi connectivity index (χ3v) is 5.66. The molecule has 0 bridgehead atoms. The summed E-state index contributed by atoms with van der Waals surface area (Å²) in [5.41, 5.74) is 1.26. The Morgan fingerprint density at radius 1 is 1.33 bits per heavy atom. The summed E-state index contributed by atoms with van der Waals surface area (Å²) >= 11 is 0. The first kappa shape index (κ1) is 15.8. The number of nitrogens with one attached hydrogen (secondary N) is 1. The van der Waals surface area contributed by atoms with Crippen LogP contribution in [-0.2, 0) is 11.3 Å². The molecular weight excluding hydrogens is 304 g/mol. The molecule has 4 rings (SSSR count). The minimum atomic E-state index is 0.0252. The van der Waals surface area contributed by atoms with Gasteiger partial charge in [0.1, 0.15) is 5.75 Å². The van der Waals surface area contributed by atoms with Crippen LogP contribution in [0.2, 0.25) is 0 Å². The fourth-order valence-electron chi connectivity index (χ4n) is 3.80. The van der Waals surface area contributed by atoms with E-state index in [1.165, 1.54) is 6.42 Å². The number of ether oxygens (including phenoxy) is 2. The quantitative estimate of drug-likeness (QED) is 0.923. The van der Waals surface area contributed by atoms with Crippen molar-refractivity contribution in [1.29, 1.82) is 0 Å². The fourth-order valence-corrected chi connectivity index (χ4v) is 3.80. The summed E-state index contributed by atoms with van der Waals surface area (Å²) in [6.07, 6.45) is 6.01. The van der Waals surface area contributed by atoms with Crippen molar-refractivity contribution >= 4 is 6.03 Å². The molecule has 3 aliphatic rings. The standard InChI is InChI=1S/C19H26N2O3/c22-18(21-10-8-19(13-21)9-11-23-14-19)20-12-15-4-1-2-7-17(15)24-16-5-3-6-16/h1-2,4,7,16H,3,5-6,8-14H2,(H,20,22)/t19-/m0/s1. The maximum absolute atomic E-state index is 12.5.